The minimum atomic E-state index is -0.703. The predicted molar refractivity (Wildman–Crippen MR) is 100 cm³/mol. The Morgan fingerprint density at radius 1 is 1.04 bits per heavy atom. The summed E-state index contributed by atoms with van der Waals surface area (Å²) in [4.78, 5) is 8.55. The Morgan fingerprint density at radius 3 is 2.65 bits per heavy atom. The summed E-state index contributed by atoms with van der Waals surface area (Å²) >= 11 is 5.98. The van der Waals surface area contributed by atoms with E-state index in [1.807, 2.05) is 31.2 Å². The molecule has 1 aromatic heterocycles. The van der Waals surface area contributed by atoms with Crippen molar-refractivity contribution in [2.24, 2.45) is 0 Å². The van der Waals surface area contributed by atoms with Crippen LogP contribution < -0.4 is 10.6 Å². The molecule has 0 bridgehead atoms. The van der Waals surface area contributed by atoms with Crippen LogP contribution in [0.4, 0.5) is 26.2 Å². The summed E-state index contributed by atoms with van der Waals surface area (Å²) in [6, 6.07) is 12.7. The van der Waals surface area contributed by atoms with Gasteiger partial charge < -0.3 is 10.6 Å². The molecular weight excluding hydrogens is 358 g/mol. The van der Waals surface area contributed by atoms with Crippen molar-refractivity contribution in [3.63, 3.8) is 0 Å². The molecule has 0 saturated carbocycles. The largest absolute Gasteiger partial charge is 0.370 e. The van der Waals surface area contributed by atoms with E-state index in [1.165, 1.54) is 12.1 Å². The summed E-state index contributed by atoms with van der Waals surface area (Å²) in [7, 11) is 0. The van der Waals surface area contributed by atoms with E-state index in [9.17, 15) is 8.78 Å². The highest BCUT2D eigenvalue weighted by atomic mass is 35.5. The zero-order valence-corrected chi connectivity index (χ0v) is 14.8. The highest BCUT2D eigenvalue weighted by molar-refractivity contribution is 6.30. The number of aryl methyl sites for hydroxylation is 1. The second kappa shape index (κ2) is 8.10. The molecule has 0 amide bonds. The van der Waals surface area contributed by atoms with Crippen LogP contribution in [0.25, 0.3) is 0 Å². The molecule has 0 fully saturated rings. The Hall–Kier alpha value is -2.73. The standard InChI is InChI=1S/C19H17ClF2N4/c1-12-9-18(23-8-7-13-3-2-4-14(20)10-13)26-19(24-12)25-17-6-5-15(21)11-16(17)22/h2-6,9-11H,7-8H2,1H3,(H2,23,24,25,26). The van der Waals surface area contributed by atoms with Crippen molar-refractivity contribution in [2.75, 3.05) is 17.2 Å². The van der Waals surface area contributed by atoms with Crippen molar-refractivity contribution in [3.05, 3.63) is 76.4 Å². The zero-order valence-electron chi connectivity index (χ0n) is 14.1. The molecular formula is C19H17ClF2N4. The molecule has 2 N–H and O–H groups in total. The van der Waals surface area contributed by atoms with Crippen LogP contribution >= 0.6 is 11.6 Å². The number of hydrogen-bond acceptors (Lipinski definition) is 4. The molecule has 4 nitrogen and oxygen atoms in total. The molecule has 0 aliphatic carbocycles. The minimum absolute atomic E-state index is 0.113. The van der Waals surface area contributed by atoms with Gasteiger partial charge in [0.15, 0.2) is 0 Å². The number of hydrogen-bond donors (Lipinski definition) is 2. The smallest absolute Gasteiger partial charge is 0.229 e. The lowest BCUT2D eigenvalue weighted by molar-refractivity contribution is 0.586. The van der Waals surface area contributed by atoms with E-state index in [0.29, 0.717) is 17.4 Å². The lowest BCUT2D eigenvalue weighted by atomic mass is 10.1. The van der Waals surface area contributed by atoms with Gasteiger partial charge in [0.05, 0.1) is 5.69 Å². The van der Waals surface area contributed by atoms with Crippen LogP contribution in [-0.2, 0) is 6.42 Å². The molecule has 0 aliphatic heterocycles. The Balaban J connectivity index is 1.67. The summed E-state index contributed by atoms with van der Waals surface area (Å²) in [5.74, 6) is -0.488. The first-order valence-electron chi connectivity index (χ1n) is 8.06. The molecule has 1 heterocycles. The number of halogens is 3. The van der Waals surface area contributed by atoms with Crippen LogP contribution in [-0.4, -0.2) is 16.5 Å². The number of nitrogens with zero attached hydrogens (tertiary/aromatic N) is 2. The molecule has 7 heteroatoms. The molecule has 0 radical (unpaired) electrons. The monoisotopic (exact) mass is 374 g/mol. The summed E-state index contributed by atoms with van der Waals surface area (Å²) in [6.07, 6.45) is 0.777. The van der Waals surface area contributed by atoms with Crippen LogP contribution in [0.5, 0.6) is 0 Å². The number of nitrogens with one attached hydrogen (secondary N) is 2. The maximum absolute atomic E-state index is 13.8. The quantitative estimate of drug-likeness (QED) is 0.629. The molecule has 3 rings (SSSR count). The van der Waals surface area contributed by atoms with Gasteiger partial charge in [-0.05, 0) is 43.2 Å². The van der Waals surface area contributed by atoms with Crippen molar-refractivity contribution >= 4 is 29.1 Å². The fraction of sp³-hybridized carbons (Fsp3) is 0.158. The van der Waals surface area contributed by atoms with E-state index < -0.39 is 11.6 Å². The fourth-order valence-electron chi connectivity index (χ4n) is 2.45. The number of benzene rings is 2. The predicted octanol–water partition coefficient (Wildman–Crippen LogP) is 5.11. The van der Waals surface area contributed by atoms with Gasteiger partial charge in [-0.25, -0.2) is 13.8 Å². The van der Waals surface area contributed by atoms with Crippen LogP contribution in [0, 0.1) is 18.6 Å². The fourth-order valence-corrected chi connectivity index (χ4v) is 2.67. The highest BCUT2D eigenvalue weighted by Crippen LogP contribution is 2.20. The minimum Gasteiger partial charge on any atom is -0.370 e. The van der Waals surface area contributed by atoms with Gasteiger partial charge >= 0.3 is 0 Å². The van der Waals surface area contributed by atoms with Gasteiger partial charge in [-0.2, -0.15) is 4.98 Å². The lowest BCUT2D eigenvalue weighted by Crippen LogP contribution is -2.09. The summed E-state index contributed by atoms with van der Waals surface area (Å²) in [6.45, 7) is 2.47. The van der Waals surface area contributed by atoms with Gasteiger partial charge in [-0.3, -0.25) is 0 Å². The van der Waals surface area contributed by atoms with Gasteiger partial charge in [0.2, 0.25) is 5.95 Å². The second-order valence-electron chi connectivity index (χ2n) is 5.77. The first-order chi connectivity index (χ1) is 12.5. The van der Waals surface area contributed by atoms with Crippen molar-refractivity contribution in [2.45, 2.75) is 13.3 Å². The zero-order chi connectivity index (χ0) is 18.5. The van der Waals surface area contributed by atoms with Gasteiger partial charge in [0, 0.05) is 29.4 Å². The first kappa shape index (κ1) is 18.1. The molecule has 134 valence electrons. The van der Waals surface area contributed by atoms with Crippen LogP contribution in [0.15, 0.2) is 48.5 Å². The van der Waals surface area contributed by atoms with E-state index in [-0.39, 0.29) is 11.6 Å². The van der Waals surface area contributed by atoms with E-state index in [4.69, 9.17) is 11.6 Å². The van der Waals surface area contributed by atoms with Crippen molar-refractivity contribution < 1.29 is 8.78 Å². The summed E-state index contributed by atoms with van der Waals surface area (Å²) < 4.78 is 26.8. The molecule has 0 atom stereocenters. The third kappa shape index (κ3) is 4.89. The normalized spacial score (nSPS) is 10.6. The summed E-state index contributed by atoms with van der Waals surface area (Å²) in [5, 5.41) is 6.69. The first-order valence-corrected chi connectivity index (χ1v) is 8.43. The molecule has 0 saturated heterocycles. The van der Waals surface area contributed by atoms with Crippen LogP contribution in [0.1, 0.15) is 11.3 Å². The van der Waals surface area contributed by atoms with Gasteiger partial charge in [0.1, 0.15) is 17.5 Å². The van der Waals surface area contributed by atoms with Gasteiger partial charge in [-0.15, -0.1) is 0 Å². The molecule has 26 heavy (non-hydrogen) atoms. The van der Waals surface area contributed by atoms with E-state index in [1.54, 1.807) is 6.07 Å². The van der Waals surface area contributed by atoms with E-state index in [0.717, 1.165) is 23.7 Å². The molecule has 0 spiro atoms. The number of anilines is 3. The van der Waals surface area contributed by atoms with Crippen LogP contribution in [0.3, 0.4) is 0 Å². The number of rotatable bonds is 6. The number of aromatic nitrogens is 2. The van der Waals surface area contributed by atoms with Crippen molar-refractivity contribution in [3.8, 4) is 0 Å². The highest BCUT2D eigenvalue weighted by Gasteiger charge is 2.07. The Morgan fingerprint density at radius 2 is 1.88 bits per heavy atom. The lowest BCUT2D eigenvalue weighted by Gasteiger charge is -2.10. The Bertz CT molecular complexity index is 918. The topological polar surface area (TPSA) is 49.8 Å². The van der Waals surface area contributed by atoms with Crippen molar-refractivity contribution in [1.29, 1.82) is 0 Å². The summed E-state index contributed by atoms with van der Waals surface area (Å²) in [5.41, 5.74) is 1.94. The molecule has 0 aliphatic rings. The molecule has 0 unspecified atom stereocenters. The van der Waals surface area contributed by atoms with E-state index >= 15 is 0 Å². The van der Waals surface area contributed by atoms with Crippen LogP contribution in [0.2, 0.25) is 5.02 Å². The second-order valence-corrected chi connectivity index (χ2v) is 6.21. The third-order valence-electron chi connectivity index (χ3n) is 3.64. The Labute approximate surface area is 155 Å². The maximum atomic E-state index is 13.8. The molecule has 2 aromatic carbocycles. The average Bonchev–Trinajstić information content (AvgIpc) is 2.57. The maximum Gasteiger partial charge on any atom is 0.229 e. The Kier molecular flexibility index (Phi) is 5.63. The van der Waals surface area contributed by atoms with E-state index in [2.05, 4.69) is 20.6 Å². The third-order valence-corrected chi connectivity index (χ3v) is 3.88. The van der Waals surface area contributed by atoms with Gasteiger partial charge in [0.25, 0.3) is 0 Å². The average molecular weight is 375 g/mol. The van der Waals surface area contributed by atoms with Gasteiger partial charge in [-0.1, -0.05) is 23.7 Å². The van der Waals surface area contributed by atoms with Crippen molar-refractivity contribution in [1.82, 2.24) is 9.97 Å². The SMILES string of the molecule is Cc1cc(NCCc2cccc(Cl)c2)nc(Nc2ccc(F)cc2F)n1. The molecule has 3 aromatic rings.